The zero-order valence-electron chi connectivity index (χ0n) is 25.7. The van der Waals surface area contributed by atoms with E-state index >= 15 is 0 Å². The number of carbonyl (C=O) groups excluding carboxylic acids is 3. The van der Waals surface area contributed by atoms with Crippen LogP contribution in [0, 0.1) is 5.92 Å². The van der Waals surface area contributed by atoms with Crippen molar-refractivity contribution in [1.29, 1.82) is 0 Å². The summed E-state index contributed by atoms with van der Waals surface area (Å²) in [6.07, 6.45) is 4.30. The molecule has 0 unspecified atom stereocenters. The molecule has 1 saturated heterocycles. The lowest BCUT2D eigenvalue weighted by molar-refractivity contribution is -0.163. The molecule has 0 aliphatic carbocycles. The number of amides is 1. The molecule has 0 saturated carbocycles. The van der Waals surface area contributed by atoms with Crippen LogP contribution in [0.25, 0.3) is 0 Å². The van der Waals surface area contributed by atoms with Crippen LogP contribution in [0.1, 0.15) is 76.7 Å². The molecule has 2 aromatic rings. The molecular weight excluding hydrogens is 556 g/mol. The predicted octanol–water partition coefficient (Wildman–Crippen LogP) is 4.86. The highest BCUT2D eigenvalue weighted by Gasteiger charge is 2.36. The summed E-state index contributed by atoms with van der Waals surface area (Å²) in [4.78, 5) is 42.8. The van der Waals surface area contributed by atoms with Crippen LogP contribution >= 0.6 is 0 Å². The van der Waals surface area contributed by atoms with E-state index in [1.54, 1.807) is 20.8 Å². The van der Waals surface area contributed by atoms with Gasteiger partial charge in [0.1, 0.15) is 30.1 Å². The van der Waals surface area contributed by atoms with Gasteiger partial charge in [-0.05, 0) is 44.7 Å². The second-order valence-electron chi connectivity index (χ2n) is 10.7. The smallest absolute Gasteiger partial charge is 0.329 e. The third-order valence-corrected chi connectivity index (χ3v) is 6.97. The number of cyclic esters (lactones) is 1. The third kappa shape index (κ3) is 10.1. The number of nitrogens with one attached hydrogen (secondary N) is 1. The van der Waals surface area contributed by atoms with Gasteiger partial charge in [0.05, 0.1) is 13.0 Å². The Morgan fingerprint density at radius 2 is 1.88 bits per heavy atom. The summed E-state index contributed by atoms with van der Waals surface area (Å²) >= 11 is 0. The van der Waals surface area contributed by atoms with Crippen LogP contribution in [-0.2, 0) is 23.8 Å². The molecule has 1 aliphatic rings. The van der Waals surface area contributed by atoms with Crippen molar-refractivity contribution in [2.45, 2.75) is 90.6 Å². The molecule has 1 amide bonds. The lowest BCUT2D eigenvalue weighted by Gasteiger charge is -2.31. The Morgan fingerprint density at radius 1 is 1.12 bits per heavy atom. The van der Waals surface area contributed by atoms with Crippen molar-refractivity contribution in [1.82, 2.24) is 10.3 Å². The Kier molecular flexibility index (Phi) is 13.5. The Morgan fingerprint density at radius 3 is 2.58 bits per heavy atom. The van der Waals surface area contributed by atoms with Gasteiger partial charge < -0.3 is 33.7 Å². The van der Waals surface area contributed by atoms with Gasteiger partial charge in [0.25, 0.3) is 5.91 Å². The summed E-state index contributed by atoms with van der Waals surface area (Å²) in [7, 11) is 1.41. The Balaban J connectivity index is 1.76. The van der Waals surface area contributed by atoms with Crippen LogP contribution in [0.4, 0.5) is 0 Å². The highest BCUT2D eigenvalue weighted by Crippen LogP contribution is 2.30. The van der Waals surface area contributed by atoms with Gasteiger partial charge in [-0.25, -0.2) is 9.78 Å². The summed E-state index contributed by atoms with van der Waals surface area (Å²) < 4.78 is 34.5. The van der Waals surface area contributed by atoms with Crippen LogP contribution < -0.4 is 19.5 Å². The fraction of sp³-hybridized carbons (Fsp3) is 0.562. The molecule has 0 bridgehead atoms. The fourth-order valence-corrected chi connectivity index (χ4v) is 4.62. The number of hydrogen-bond acceptors (Lipinski definition) is 10. The van der Waals surface area contributed by atoms with Gasteiger partial charge in [0.2, 0.25) is 6.79 Å². The van der Waals surface area contributed by atoms with E-state index in [0.29, 0.717) is 31.6 Å². The number of rotatable bonds is 14. The van der Waals surface area contributed by atoms with Gasteiger partial charge in [-0.2, -0.15) is 0 Å². The van der Waals surface area contributed by atoms with Crippen LogP contribution in [0.3, 0.4) is 0 Å². The van der Waals surface area contributed by atoms with Gasteiger partial charge in [-0.15, -0.1) is 0 Å². The maximum atomic E-state index is 13.4. The molecular formula is C32H44N2O9. The molecule has 3 rings (SSSR count). The molecule has 43 heavy (non-hydrogen) atoms. The van der Waals surface area contributed by atoms with E-state index in [-0.39, 0.29) is 29.2 Å². The molecule has 11 nitrogen and oxygen atoms in total. The average molecular weight is 601 g/mol. The first-order chi connectivity index (χ1) is 20.7. The van der Waals surface area contributed by atoms with Crippen LogP contribution in [-0.4, -0.2) is 67.7 Å². The van der Waals surface area contributed by atoms with Crippen LogP contribution in [0.5, 0.6) is 17.2 Å². The number of unbranched alkanes of at least 4 members (excludes halogenated alkanes) is 2. The number of para-hydroxylation sites is 1. The molecule has 4 atom stereocenters. The van der Waals surface area contributed by atoms with Gasteiger partial charge in [0, 0.05) is 18.9 Å². The monoisotopic (exact) mass is 600 g/mol. The standard InChI is InChI=1S/C32H44N2O9/c1-6-7-11-19-39-28-22(4)42-32(37)24(15-12-16-26(28)43-23-13-9-8-10-14-23)34-30(35)27-29(25(38-5)17-18-33-27)40-20-41-31(36)21(2)3/h8-10,13-14,17-18,21-22,24,26,28H,6-7,11-12,15-16,19-20H2,1-5H3,(H,34,35)/t22-,24-,26-,28-/m0/s1. The number of carbonyl (C=O) groups is 3. The quantitative estimate of drug-likeness (QED) is 0.182. The fourth-order valence-electron chi connectivity index (χ4n) is 4.62. The Hall–Kier alpha value is -3.86. The van der Waals surface area contributed by atoms with E-state index < -0.39 is 42.9 Å². The number of nitrogens with zero attached hydrogens (tertiary/aromatic N) is 1. The third-order valence-electron chi connectivity index (χ3n) is 6.97. The molecule has 0 radical (unpaired) electrons. The van der Waals surface area contributed by atoms with Crippen molar-refractivity contribution < 1.29 is 42.8 Å². The summed E-state index contributed by atoms with van der Waals surface area (Å²) in [5.74, 6) is -1.15. The number of hydrogen-bond donors (Lipinski definition) is 1. The molecule has 1 N–H and O–H groups in total. The first kappa shape index (κ1) is 33.6. The Bertz CT molecular complexity index is 1170. The molecule has 1 aromatic heterocycles. The zero-order chi connectivity index (χ0) is 31.2. The maximum Gasteiger partial charge on any atom is 0.329 e. The van der Waals surface area contributed by atoms with Gasteiger partial charge >= 0.3 is 11.9 Å². The molecule has 0 spiro atoms. The van der Waals surface area contributed by atoms with E-state index in [1.165, 1.54) is 19.4 Å². The van der Waals surface area contributed by atoms with Crippen LogP contribution in [0.15, 0.2) is 42.6 Å². The van der Waals surface area contributed by atoms with Gasteiger partial charge in [-0.3, -0.25) is 9.59 Å². The molecule has 1 aromatic carbocycles. The minimum Gasteiger partial charge on any atom is -0.493 e. The first-order valence-corrected chi connectivity index (χ1v) is 14.9. The Labute approximate surface area is 253 Å². The lowest BCUT2D eigenvalue weighted by atomic mass is 10.0. The minimum atomic E-state index is -0.953. The second kappa shape index (κ2) is 17.3. The van der Waals surface area contributed by atoms with Gasteiger partial charge in [0.15, 0.2) is 17.2 Å². The van der Waals surface area contributed by atoms with Crippen molar-refractivity contribution in [3.63, 3.8) is 0 Å². The minimum absolute atomic E-state index is 0.0132. The number of aromatic nitrogens is 1. The summed E-state index contributed by atoms with van der Waals surface area (Å²) in [6, 6.07) is 10.0. The van der Waals surface area contributed by atoms with Crippen molar-refractivity contribution in [2.75, 3.05) is 20.5 Å². The van der Waals surface area contributed by atoms with E-state index in [1.807, 2.05) is 30.3 Å². The maximum absolute atomic E-state index is 13.4. The normalized spacial score (nSPS) is 20.7. The van der Waals surface area contributed by atoms with Gasteiger partial charge in [-0.1, -0.05) is 51.8 Å². The lowest BCUT2D eigenvalue weighted by Crippen LogP contribution is -2.46. The topological polar surface area (TPSA) is 132 Å². The number of esters is 2. The highest BCUT2D eigenvalue weighted by molar-refractivity contribution is 5.98. The summed E-state index contributed by atoms with van der Waals surface area (Å²) in [5.41, 5.74) is -0.122. The molecule has 11 heteroatoms. The second-order valence-corrected chi connectivity index (χ2v) is 10.7. The van der Waals surface area contributed by atoms with Crippen molar-refractivity contribution >= 4 is 17.8 Å². The predicted molar refractivity (Wildman–Crippen MR) is 158 cm³/mol. The number of pyridine rings is 1. The van der Waals surface area contributed by atoms with E-state index in [2.05, 4.69) is 17.2 Å². The zero-order valence-corrected chi connectivity index (χ0v) is 25.7. The van der Waals surface area contributed by atoms with E-state index in [0.717, 1.165) is 19.3 Å². The molecule has 2 heterocycles. The largest absolute Gasteiger partial charge is 0.493 e. The summed E-state index contributed by atoms with van der Waals surface area (Å²) in [5, 5.41) is 2.75. The molecule has 1 fully saturated rings. The SMILES string of the molecule is CCCCCO[C@H]1[C@H](C)OC(=O)[C@@H](NC(=O)c2nccc(OC)c2OCOC(=O)C(C)C)CCC[C@@H]1Oc1ccccc1. The summed E-state index contributed by atoms with van der Waals surface area (Å²) in [6.45, 7) is 7.37. The first-order valence-electron chi connectivity index (χ1n) is 14.9. The van der Waals surface area contributed by atoms with Crippen molar-refractivity contribution in [3.8, 4) is 17.2 Å². The van der Waals surface area contributed by atoms with E-state index in [4.69, 9.17) is 28.4 Å². The van der Waals surface area contributed by atoms with Crippen molar-refractivity contribution in [3.05, 3.63) is 48.3 Å². The van der Waals surface area contributed by atoms with Crippen LogP contribution in [0.2, 0.25) is 0 Å². The molecule has 1 aliphatic heterocycles. The number of benzene rings is 1. The van der Waals surface area contributed by atoms with E-state index in [9.17, 15) is 14.4 Å². The van der Waals surface area contributed by atoms with Crippen molar-refractivity contribution in [2.24, 2.45) is 5.92 Å². The highest BCUT2D eigenvalue weighted by atomic mass is 16.7. The average Bonchev–Trinajstić information content (AvgIpc) is 3.04. The number of ether oxygens (including phenoxy) is 6. The molecule has 236 valence electrons. The number of methoxy groups -OCH3 is 1.